The van der Waals surface area contributed by atoms with Gasteiger partial charge in [-0.2, -0.15) is 5.26 Å². The molecule has 0 saturated heterocycles. The molecule has 1 aliphatic heterocycles. The number of rotatable bonds is 2. The standard InChI is InChI=1S/C11H12N4O.C5H10O2/c1-13-9-6-14-8-4-2-3-7(5-12)10(8)15-11(9)16;1-5(2,3)7-4-6/h2-4,9,13-14H,6H2,1H3,(H,15,16);4H,1-3H3/t9-;/m0./s1. The predicted molar refractivity (Wildman–Crippen MR) is 88.0 cm³/mol. The maximum atomic E-state index is 11.8. The Bertz CT molecular complexity index is 602. The molecule has 23 heavy (non-hydrogen) atoms. The van der Waals surface area contributed by atoms with Crippen molar-refractivity contribution >= 4 is 23.8 Å². The number of nitriles is 1. The fourth-order valence-electron chi connectivity index (χ4n) is 1.82. The zero-order valence-corrected chi connectivity index (χ0v) is 13.8. The number of amides is 1. The molecule has 0 unspecified atom stereocenters. The summed E-state index contributed by atoms with van der Waals surface area (Å²) in [6, 6.07) is 7.08. The van der Waals surface area contributed by atoms with Gasteiger partial charge >= 0.3 is 0 Å². The van der Waals surface area contributed by atoms with Crippen LogP contribution in [0.25, 0.3) is 0 Å². The molecule has 7 heteroatoms. The highest BCUT2D eigenvalue weighted by Crippen LogP contribution is 2.27. The first kappa shape index (κ1) is 18.5. The van der Waals surface area contributed by atoms with Crippen LogP contribution < -0.4 is 16.0 Å². The van der Waals surface area contributed by atoms with Crippen molar-refractivity contribution in [1.82, 2.24) is 5.32 Å². The summed E-state index contributed by atoms with van der Waals surface area (Å²) < 4.78 is 4.55. The number of fused-ring (bicyclic) bond motifs is 1. The fourth-order valence-corrected chi connectivity index (χ4v) is 1.82. The molecule has 0 aromatic heterocycles. The van der Waals surface area contributed by atoms with E-state index in [4.69, 9.17) is 5.26 Å². The molecule has 1 aliphatic rings. The van der Waals surface area contributed by atoms with Crippen molar-refractivity contribution in [3.05, 3.63) is 23.8 Å². The number of ether oxygens (including phenoxy) is 1. The Labute approximate surface area is 136 Å². The first-order valence-corrected chi connectivity index (χ1v) is 7.19. The number of nitrogens with one attached hydrogen (secondary N) is 3. The maximum absolute atomic E-state index is 11.8. The van der Waals surface area contributed by atoms with Gasteiger partial charge in [0, 0.05) is 6.54 Å². The van der Waals surface area contributed by atoms with Crippen LogP contribution in [0, 0.1) is 11.3 Å². The molecule has 2 rings (SSSR count). The molecule has 124 valence electrons. The summed E-state index contributed by atoms with van der Waals surface area (Å²) in [5.74, 6) is -0.128. The second-order valence-corrected chi connectivity index (χ2v) is 5.88. The van der Waals surface area contributed by atoms with E-state index >= 15 is 0 Å². The molecule has 0 radical (unpaired) electrons. The number of anilines is 2. The van der Waals surface area contributed by atoms with E-state index in [2.05, 4.69) is 26.8 Å². The van der Waals surface area contributed by atoms with E-state index in [1.54, 1.807) is 19.2 Å². The molecule has 0 saturated carbocycles. The van der Waals surface area contributed by atoms with Crippen LogP contribution in [0.3, 0.4) is 0 Å². The van der Waals surface area contributed by atoms with Crippen LogP contribution in [-0.2, 0) is 14.3 Å². The number of nitrogens with zero attached hydrogens (tertiary/aromatic N) is 1. The Morgan fingerprint density at radius 3 is 2.61 bits per heavy atom. The molecular weight excluding hydrogens is 296 g/mol. The number of hydrogen-bond acceptors (Lipinski definition) is 6. The summed E-state index contributed by atoms with van der Waals surface area (Å²) in [6.07, 6.45) is 0. The van der Waals surface area contributed by atoms with Gasteiger partial charge in [-0.25, -0.2) is 0 Å². The van der Waals surface area contributed by atoms with Crippen LogP contribution in [0.15, 0.2) is 18.2 Å². The Morgan fingerprint density at radius 1 is 1.43 bits per heavy atom. The lowest BCUT2D eigenvalue weighted by atomic mass is 10.1. The number of para-hydroxylation sites is 1. The van der Waals surface area contributed by atoms with E-state index in [1.807, 2.05) is 26.8 Å². The summed E-state index contributed by atoms with van der Waals surface area (Å²) in [7, 11) is 1.73. The Morgan fingerprint density at radius 2 is 2.13 bits per heavy atom. The fraction of sp³-hybridized carbons (Fsp3) is 0.438. The lowest BCUT2D eigenvalue weighted by Gasteiger charge is -2.14. The summed E-state index contributed by atoms with van der Waals surface area (Å²) in [5.41, 5.74) is 1.50. The molecule has 1 amide bonds. The lowest BCUT2D eigenvalue weighted by Crippen LogP contribution is -2.41. The molecule has 0 spiro atoms. The van der Waals surface area contributed by atoms with Crippen molar-refractivity contribution in [1.29, 1.82) is 5.26 Å². The highest BCUT2D eigenvalue weighted by molar-refractivity contribution is 6.00. The first-order valence-electron chi connectivity index (χ1n) is 7.19. The topological polar surface area (TPSA) is 103 Å². The van der Waals surface area contributed by atoms with Gasteiger partial charge in [0.2, 0.25) is 5.91 Å². The van der Waals surface area contributed by atoms with Crippen LogP contribution in [-0.4, -0.2) is 37.6 Å². The molecule has 1 aromatic rings. The van der Waals surface area contributed by atoms with Crippen molar-refractivity contribution in [3.8, 4) is 6.07 Å². The van der Waals surface area contributed by atoms with Gasteiger partial charge in [0.25, 0.3) is 6.47 Å². The minimum atomic E-state index is -0.318. The Hall–Kier alpha value is -2.59. The quantitative estimate of drug-likeness (QED) is 0.714. The molecule has 0 bridgehead atoms. The highest BCUT2D eigenvalue weighted by atomic mass is 16.5. The van der Waals surface area contributed by atoms with Gasteiger partial charge in [0.15, 0.2) is 0 Å². The summed E-state index contributed by atoms with van der Waals surface area (Å²) in [6.45, 7) is 6.43. The summed E-state index contributed by atoms with van der Waals surface area (Å²) in [5, 5.41) is 17.7. The van der Waals surface area contributed by atoms with Crippen LogP contribution in [0.5, 0.6) is 0 Å². The molecule has 1 aromatic carbocycles. The third-order valence-corrected chi connectivity index (χ3v) is 3.00. The zero-order valence-electron chi connectivity index (χ0n) is 13.8. The first-order chi connectivity index (χ1) is 10.8. The molecule has 3 N–H and O–H groups in total. The Balaban J connectivity index is 0.000000322. The average Bonchev–Trinajstić information content (AvgIpc) is 2.64. The average molecular weight is 318 g/mol. The SMILES string of the molecule is CC(C)(C)OC=O.CN[C@H]1CNc2cccc(C#N)c2NC1=O. The largest absolute Gasteiger partial charge is 0.462 e. The minimum Gasteiger partial charge on any atom is -0.462 e. The molecule has 1 heterocycles. The van der Waals surface area contributed by atoms with Gasteiger partial charge < -0.3 is 20.7 Å². The van der Waals surface area contributed by atoms with Gasteiger partial charge in [-0.1, -0.05) is 6.07 Å². The van der Waals surface area contributed by atoms with Crippen molar-refractivity contribution in [2.75, 3.05) is 24.2 Å². The maximum Gasteiger partial charge on any atom is 0.293 e. The molecule has 0 fully saturated rings. The third-order valence-electron chi connectivity index (χ3n) is 3.00. The zero-order chi connectivity index (χ0) is 17.5. The second-order valence-electron chi connectivity index (χ2n) is 5.88. The Kier molecular flexibility index (Phi) is 6.54. The van der Waals surface area contributed by atoms with Crippen molar-refractivity contribution < 1.29 is 14.3 Å². The third kappa shape index (κ3) is 5.60. The van der Waals surface area contributed by atoms with Crippen LogP contribution in [0.2, 0.25) is 0 Å². The van der Waals surface area contributed by atoms with E-state index in [1.165, 1.54) is 0 Å². The predicted octanol–water partition coefficient (Wildman–Crippen LogP) is 1.47. The molecule has 1 atom stereocenters. The van der Waals surface area contributed by atoms with E-state index < -0.39 is 0 Å². The van der Waals surface area contributed by atoms with Crippen LogP contribution >= 0.6 is 0 Å². The molecule has 0 aliphatic carbocycles. The van der Waals surface area contributed by atoms with Gasteiger partial charge in [0.05, 0.1) is 16.9 Å². The molecule has 7 nitrogen and oxygen atoms in total. The van der Waals surface area contributed by atoms with Crippen molar-refractivity contribution in [3.63, 3.8) is 0 Å². The summed E-state index contributed by atoms with van der Waals surface area (Å²) in [4.78, 5) is 21.4. The highest BCUT2D eigenvalue weighted by Gasteiger charge is 2.23. The number of carbonyl (C=O) groups is 2. The van der Waals surface area contributed by atoms with E-state index in [9.17, 15) is 9.59 Å². The number of benzene rings is 1. The van der Waals surface area contributed by atoms with Crippen molar-refractivity contribution in [2.45, 2.75) is 32.4 Å². The smallest absolute Gasteiger partial charge is 0.293 e. The van der Waals surface area contributed by atoms with E-state index in [0.717, 1.165) is 5.69 Å². The van der Waals surface area contributed by atoms with Gasteiger partial charge in [0.1, 0.15) is 17.7 Å². The van der Waals surface area contributed by atoms with E-state index in [-0.39, 0.29) is 17.6 Å². The van der Waals surface area contributed by atoms with E-state index in [0.29, 0.717) is 24.3 Å². The number of likely N-dealkylation sites (N-methyl/N-ethyl adjacent to an activating group) is 1. The monoisotopic (exact) mass is 318 g/mol. The summed E-state index contributed by atoms with van der Waals surface area (Å²) >= 11 is 0. The van der Waals surface area contributed by atoms with Gasteiger partial charge in [-0.15, -0.1) is 0 Å². The van der Waals surface area contributed by atoms with Gasteiger partial charge in [-0.05, 0) is 40.0 Å². The van der Waals surface area contributed by atoms with Crippen molar-refractivity contribution in [2.24, 2.45) is 0 Å². The normalized spacial score (nSPS) is 16.3. The number of carbonyl (C=O) groups excluding carboxylic acids is 2. The number of hydrogen-bond donors (Lipinski definition) is 3. The van der Waals surface area contributed by atoms with Gasteiger partial charge in [-0.3, -0.25) is 9.59 Å². The molecular formula is C16H22N4O3. The minimum absolute atomic E-state index is 0.128. The second kappa shape index (κ2) is 8.15. The lowest BCUT2D eigenvalue weighted by molar-refractivity contribution is -0.138. The van der Waals surface area contributed by atoms with Crippen LogP contribution in [0.1, 0.15) is 26.3 Å². The van der Waals surface area contributed by atoms with Crippen LogP contribution in [0.4, 0.5) is 11.4 Å².